The first-order valence-electron chi connectivity index (χ1n) is 9.59. The summed E-state index contributed by atoms with van der Waals surface area (Å²) >= 11 is 11.9. The Balaban J connectivity index is 1.40. The van der Waals surface area contributed by atoms with E-state index in [2.05, 4.69) is 0 Å². The van der Waals surface area contributed by atoms with Crippen LogP contribution < -0.4 is 9.64 Å². The summed E-state index contributed by atoms with van der Waals surface area (Å²) in [4.78, 5) is 39.7. The first kappa shape index (κ1) is 18.6. The smallest absolute Gasteiger partial charge is 0.345 e. The number of amides is 2. The number of esters is 1. The van der Waals surface area contributed by atoms with Crippen LogP contribution in [-0.2, 0) is 9.59 Å². The fourth-order valence-corrected chi connectivity index (χ4v) is 5.65. The van der Waals surface area contributed by atoms with Crippen molar-refractivity contribution in [2.24, 2.45) is 23.7 Å². The molecule has 1 aliphatic heterocycles. The van der Waals surface area contributed by atoms with Gasteiger partial charge in [-0.1, -0.05) is 29.3 Å². The van der Waals surface area contributed by atoms with E-state index in [0.29, 0.717) is 22.5 Å². The molecule has 0 unspecified atom stereocenters. The molecule has 2 saturated carbocycles. The number of carbonyl (C=O) groups is 3. The Morgan fingerprint density at radius 3 is 2.31 bits per heavy atom. The van der Waals surface area contributed by atoms with E-state index in [1.165, 1.54) is 17.0 Å². The van der Waals surface area contributed by atoms with E-state index in [1.54, 1.807) is 30.3 Å². The van der Waals surface area contributed by atoms with Crippen molar-refractivity contribution in [2.45, 2.75) is 19.3 Å². The maximum atomic E-state index is 13.0. The van der Waals surface area contributed by atoms with Gasteiger partial charge in [0.1, 0.15) is 5.75 Å². The molecule has 0 N–H and O–H groups in total. The zero-order valence-electron chi connectivity index (χ0n) is 15.3. The number of hydrogen-bond donors (Lipinski definition) is 0. The molecule has 7 heteroatoms. The molecule has 1 heterocycles. The summed E-state index contributed by atoms with van der Waals surface area (Å²) in [7, 11) is 0. The van der Waals surface area contributed by atoms with Gasteiger partial charge in [0, 0.05) is 11.1 Å². The predicted molar refractivity (Wildman–Crippen MR) is 108 cm³/mol. The fourth-order valence-electron chi connectivity index (χ4n) is 5.17. The predicted octanol–water partition coefficient (Wildman–Crippen LogP) is 4.75. The van der Waals surface area contributed by atoms with Crippen molar-refractivity contribution in [3.8, 4) is 5.75 Å². The lowest BCUT2D eigenvalue weighted by Gasteiger charge is -2.19. The van der Waals surface area contributed by atoms with E-state index in [-0.39, 0.29) is 40.0 Å². The second-order valence-electron chi connectivity index (χ2n) is 7.91. The molecule has 2 aromatic carbocycles. The van der Waals surface area contributed by atoms with Crippen LogP contribution >= 0.6 is 23.2 Å². The molecule has 2 bridgehead atoms. The minimum absolute atomic E-state index is 0.128. The van der Waals surface area contributed by atoms with E-state index in [4.69, 9.17) is 27.9 Å². The van der Waals surface area contributed by atoms with Crippen LogP contribution in [0.3, 0.4) is 0 Å². The van der Waals surface area contributed by atoms with Crippen molar-refractivity contribution >= 4 is 46.7 Å². The number of anilines is 1. The van der Waals surface area contributed by atoms with Crippen molar-refractivity contribution in [1.29, 1.82) is 0 Å². The van der Waals surface area contributed by atoms with Crippen LogP contribution in [0.1, 0.15) is 29.6 Å². The zero-order chi connectivity index (χ0) is 20.3. The summed E-state index contributed by atoms with van der Waals surface area (Å²) in [6.07, 6.45) is 3.04. The van der Waals surface area contributed by atoms with Gasteiger partial charge in [-0.05, 0) is 61.4 Å². The van der Waals surface area contributed by atoms with E-state index < -0.39 is 5.97 Å². The van der Waals surface area contributed by atoms with Crippen LogP contribution in [0.5, 0.6) is 5.75 Å². The van der Waals surface area contributed by atoms with Gasteiger partial charge in [0.05, 0.1) is 28.1 Å². The number of hydrogen-bond acceptors (Lipinski definition) is 4. The highest BCUT2D eigenvalue weighted by Gasteiger charge is 2.61. The molecule has 4 atom stereocenters. The third-order valence-electron chi connectivity index (χ3n) is 6.36. The number of nitrogens with zero attached hydrogens (tertiary/aromatic N) is 1. The van der Waals surface area contributed by atoms with Crippen molar-refractivity contribution in [2.75, 3.05) is 4.90 Å². The lowest BCUT2D eigenvalue weighted by atomic mass is 9.81. The Morgan fingerprint density at radius 2 is 1.66 bits per heavy atom. The molecular formula is C22H17Cl2NO4. The maximum Gasteiger partial charge on any atom is 0.345 e. The minimum atomic E-state index is -0.641. The highest BCUT2D eigenvalue weighted by Crippen LogP contribution is 2.56. The third kappa shape index (κ3) is 2.95. The molecule has 5 nitrogen and oxygen atoms in total. The molecule has 3 aliphatic rings. The van der Waals surface area contributed by atoms with Crippen LogP contribution in [-0.4, -0.2) is 17.8 Å². The molecule has 0 spiro atoms. The first-order valence-corrected chi connectivity index (χ1v) is 10.3. The van der Waals surface area contributed by atoms with E-state index >= 15 is 0 Å². The molecule has 0 aromatic heterocycles. The fraction of sp³-hybridized carbons (Fsp3) is 0.318. The van der Waals surface area contributed by atoms with Crippen LogP contribution in [0.15, 0.2) is 42.5 Å². The van der Waals surface area contributed by atoms with Crippen LogP contribution in [0, 0.1) is 23.7 Å². The van der Waals surface area contributed by atoms with Crippen molar-refractivity contribution in [3.63, 3.8) is 0 Å². The van der Waals surface area contributed by atoms with Gasteiger partial charge < -0.3 is 4.74 Å². The van der Waals surface area contributed by atoms with Gasteiger partial charge in [0.15, 0.2) is 0 Å². The summed E-state index contributed by atoms with van der Waals surface area (Å²) < 4.78 is 5.42. The Hall–Kier alpha value is -2.37. The minimum Gasteiger partial charge on any atom is -0.423 e. The highest BCUT2D eigenvalue weighted by molar-refractivity contribution is 6.36. The molecule has 2 amide bonds. The molecule has 2 aliphatic carbocycles. The van der Waals surface area contributed by atoms with Gasteiger partial charge >= 0.3 is 5.97 Å². The molecule has 5 rings (SSSR count). The summed E-state index contributed by atoms with van der Waals surface area (Å²) in [5.41, 5.74) is 0.613. The topological polar surface area (TPSA) is 63.7 Å². The number of ether oxygens (including phenoxy) is 1. The number of carbonyl (C=O) groups excluding carboxylic acids is 3. The molecule has 3 fully saturated rings. The van der Waals surface area contributed by atoms with Gasteiger partial charge in [-0.15, -0.1) is 0 Å². The average Bonchev–Trinajstić information content (AvgIpc) is 3.35. The lowest BCUT2D eigenvalue weighted by molar-refractivity contribution is -0.123. The van der Waals surface area contributed by atoms with E-state index in [9.17, 15) is 14.4 Å². The quantitative estimate of drug-likeness (QED) is 0.401. The van der Waals surface area contributed by atoms with Gasteiger partial charge in [0.25, 0.3) is 0 Å². The standard InChI is InChI=1S/C22H17Cl2NO4/c23-13-6-7-16(17(24)9-13)22(28)29-15-3-1-2-14(10-15)25-20(26)18-11-4-5-12(8-11)19(18)21(25)27/h1-3,6-7,9-12,18-19H,4-5,8H2/t11-,12-,18-,19+/m0/s1. The Bertz CT molecular complexity index is 1020. The van der Waals surface area contributed by atoms with Gasteiger partial charge in [-0.2, -0.15) is 0 Å². The summed E-state index contributed by atoms with van der Waals surface area (Å²) in [6, 6.07) is 11.0. The molecule has 1 saturated heterocycles. The summed E-state index contributed by atoms with van der Waals surface area (Å²) in [5, 5.41) is 0.603. The number of benzene rings is 2. The SMILES string of the molecule is O=C(Oc1cccc(N2C(=O)[C@@H]3[C@H]4CC[C@@H](C4)[C@@H]3C2=O)c1)c1ccc(Cl)cc1Cl. The third-order valence-corrected chi connectivity index (χ3v) is 6.91. The van der Waals surface area contributed by atoms with Crippen LogP contribution in [0.25, 0.3) is 0 Å². The second-order valence-corrected chi connectivity index (χ2v) is 8.75. The number of halogens is 2. The van der Waals surface area contributed by atoms with E-state index in [0.717, 1.165) is 19.3 Å². The van der Waals surface area contributed by atoms with Gasteiger partial charge in [-0.3, -0.25) is 9.59 Å². The molecule has 29 heavy (non-hydrogen) atoms. The largest absolute Gasteiger partial charge is 0.423 e. The maximum absolute atomic E-state index is 13.0. The number of rotatable bonds is 3. The molecule has 148 valence electrons. The zero-order valence-corrected chi connectivity index (χ0v) is 16.8. The molecule has 2 aromatic rings. The van der Waals surface area contributed by atoms with Gasteiger partial charge in [0.2, 0.25) is 11.8 Å². The summed E-state index contributed by atoms with van der Waals surface area (Å²) in [6.45, 7) is 0. The Labute approximate surface area is 177 Å². The number of fused-ring (bicyclic) bond motifs is 5. The van der Waals surface area contributed by atoms with Crippen molar-refractivity contribution in [3.05, 3.63) is 58.1 Å². The van der Waals surface area contributed by atoms with Crippen molar-refractivity contribution in [1.82, 2.24) is 0 Å². The first-order chi connectivity index (χ1) is 13.9. The molecule has 0 radical (unpaired) electrons. The molecular weight excluding hydrogens is 413 g/mol. The number of imide groups is 1. The van der Waals surface area contributed by atoms with Crippen LogP contribution in [0.4, 0.5) is 5.69 Å². The van der Waals surface area contributed by atoms with E-state index in [1.807, 2.05) is 0 Å². The van der Waals surface area contributed by atoms with Gasteiger partial charge in [-0.25, -0.2) is 9.69 Å². The highest BCUT2D eigenvalue weighted by atomic mass is 35.5. The Kier molecular flexibility index (Phi) is 4.41. The second kappa shape index (κ2) is 6.85. The average molecular weight is 430 g/mol. The summed E-state index contributed by atoms with van der Waals surface area (Å²) in [5.74, 6) is -0.413. The Morgan fingerprint density at radius 1 is 0.966 bits per heavy atom. The normalized spacial score (nSPS) is 27.4. The lowest BCUT2D eigenvalue weighted by Crippen LogP contribution is -2.32. The van der Waals surface area contributed by atoms with Crippen molar-refractivity contribution < 1.29 is 19.1 Å². The van der Waals surface area contributed by atoms with Crippen LogP contribution in [0.2, 0.25) is 10.0 Å². The monoisotopic (exact) mass is 429 g/mol.